The Bertz CT molecular complexity index is 1310. The summed E-state index contributed by atoms with van der Waals surface area (Å²) in [6.07, 6.45) is 7.30. The second-order valence-electron chi connectivity index (χ2n) is 9.14. The molecule has 0 fully saturated rings. The molecular formula is C26H27N3O4. The number of esters is 1. The number of aromatic nitrogens is 2. The predicted molar refractivity (Wildman–Crippen MR) is 127 cm³/mol. The maximum Gasteiger partial charge on any atom is 0.340 e. The summed E-state index contributed by atoms with van der Waals surface area (Å²) in [6.45, 7) is 5.46. The van der Waals surface area contributed by atoms with E-state index < -0.39 is 11.6 Å². The molecular weight excluding hydrogens is 418 g/mol. The average Bonchev–Trinajstić information content (AvgIpc) is 3.17. The largest absolute Gasteiger partial charge is 0.456 e. The van der Waals surface area contributed by atoms with Crippen LogP contribution in [0.15, 0.2) is 41.2 Å². The zero-order valence-corrected chi connectivity index (χ0v) is 19.0. The van der Waals surface area contributed by atoms with E-state index >= 15 is 0 Å². The molecule has 170 valence electrons. The van der Waals surface area contributed by atoms with Crippen molar-refractivity contribution in [2.45, 2.75) is 51.9 Å². The van der Waals surface area contributed by atoms with Crippen molar-refractivity contribution in [3.63, 3.8) is 0 Å². The molecule has 1 aliphatic carbocycles. The number of hydrogen-bond acceptors (Lipinski definition) is 6. The summed E-state index contributed by atoms with van der Waals surface area (Å²) >= 11 is 0. The van der Waals surface area contributed by atoms with Crippen LogP contribution in [0.4, 0.5) is 5.69 Å². The third-order valence-electron chi connectivity index (χ3n) is 5.68. The van der Waals surface area contributed by atoms with Gasteiger partial charge < -0.3 is 19.7 Å². The lowest BCUT2D eigenvalue weighted by Crippen LogP contribution is -2.31. The maximum absolute atomic E-state index is 13.0. The van der Waals surface area contributed by atoms with Crippen LogP contribution in [0.25, 0.3) is 10.9 Å². The first-order valence-corrected chi connectivity index (χ1v) is 10.9. The number of ether oxygens (including phenoxy) is 1. The molecule has 33 heavy (non-hydrogen) atoms. The number of anilines is 1. The Hall–Kier alpha value is -3.63. The van der Waals surface area contributed by atoms with Gasteiger partial charge in [-0.25, -0.2) is 9.78 Å². The van der Waals surface area contributed by atoms with Gasteiger partial charge in [-0.15, -0.1) is 6.42 Å². The fourth-order valence-corrected chi connectivity index (χ4v) is 4.36. The Labute approximate surface area is 192 Å². The van der Waals surface area contributed by atoms with E-state index in [2.05, 4.69) is 15.9 Å². The average molecular weight is 446 g/mol. The molecule has 1 atom stereocenters. The minimum Gasteiger partial charge on any atom is -0.456 e. The van der Waals surface area contributed by atoms with Gasteiger partial charge in [-0.2, -0.15) is 0 Å². The van der Waals surface area contributed by atoms with Crippen molar-refractivity contribution in [1.29, 1.82) is 0 Å². The highest BCUT2D eigenvalue weighted by molar-refractivity contribution is 5.96. The first-order chi connectivity index (χ1) is 15.7. The summed E-state index contributed by atoms with van der Waals surface area (Å²) < 4.78 is 5.63. The van der Waals surface area contributed by atoms with E-state index in [1.54, 1.807) is 12.1 Å². The molecule has 0 radical (unpaired) electrons. The minimum absolute atomic E-state index is 0.110. The Balaban J connectivity index is 1.80. The van der Waals surface area contributed by atoms with Crippen LogP contribution >= 0.6 is 0 Å². The van der Waals surface area contributed by atoms with E-state index in [0.717, 1.165) is 24.0 Å². The number of aryl methyl sites for hydroxylation is 1. The van der Waals surface area contributed by atoms with Gasteiger partial charge in [0.05, 0.1) is 34.7 Å². The van der Waals surface area contributed by atoms with Crippen LogP contribution in [0.3, 0.4) is 0 Å². The van der Waals surface area contributed by atoms with Gasteiger partial charge in [0.1, 0.15) is 18.0 Å². The molecule has 7 nitrogen and oxygen atoms in total. The Kier molecular flexibility index (Phi) is 5.96. The fourth-order valence-electron chi connectivity index (χ4n) is 4.36. The number of aromatic amines is 1. The number of aliphatic hydroxyl groups is 1. The number of nitrogens with one attached hydrogen (secondary N) is 1. The normalized spacial score (nSPS) is 15.2. The fraction of sp³-hybridized carbons (Fsp3) is 0.346. The van der Waals surface area contributed by atoms with Gasteiger partial charge in [-0.3, -0.25) is 4.79 Å². The zero-order chi connectivity index (χ0) is 23.8. The number of hydrogen-bond donors (Lipinski definition) is 2. The Morgan fingerprint density at radius 3 is 2.79 bits per heavy atom. The number of nitrogens with zero attached hydrogens (tertiary/aromatic N) is 2. The molecule has 7 heteroatoms. The SMILES string of the molecule is C#CCN(c1ccccc1C(=O)OC(C)(C)C)C1CCc2cc3nc(CO)[nH]c(=O)c3cc21. The quantitative estimate of drug-likeness (QED) is 0.461. The number of fused-ring (bicyclic) bond motifs is 2. The van der Waals surface area contributed by atoms with Crippen molar-refractivity contribution in [3.05, 3.63) is 69.3 Å². The molecule has 1 unspecified atom stereocenters. The van der Waals surface area contributed by atoms with Crippen LogP contribution in [-0.4, -0.2) is 33.2 Å². The highest BCUT2D eigenvalue weighted by Gasteiger charge is 2.31. The third-order valence-corrected chi connectivity index (χ3v) is 5.68. The summed E-state index contributed by atoms with van der Waals surface area (Å²) in [5, 5.41) is 9.82. The zero-order valence-electron chi connectivity index (χ0n) is 19.0. The van der Waals surface area contributed by atoms with Crippen molar-refractivity contribution in [1.82, 2.24) is 9.97 Å². The highest BCUT2D eigenvalue weighted by atomic mass is 16.6. The van der Waals surface area contributed by atoms with Crippen molar-refractivity contribution < 1.29 is 14.6 Å². The molecule has 0 spiro atoms. The minimum atomic E-state index is -0.624. The molecule has 4 rings (SSSR count). The number of carbonyl (C=O) groups is 1. The number of rotatable bonds is 5. The van der Waals surface area contributed by atoms with E-state index in [1.807, 2.05) is 49.9 Å². The van der Waals surface area contributed by atoms with E-state index in [0.29, 0.717) is 28.7 Å². The van der Waals surface area contributed by atoms with E-state index in [4.69, 9.17) is 11.2 Å². The van der Waals surface area contributed by atoms with Crippen LogP contribution in [0.2, 0.25) is 0 Å². The molecule has 0 aliphatic heterocycles. The number of terminal acetylenes is 1. The van der Waals surface area contributed by atoms with E-state index in [1.165, 1.54) is 0 Å². The molecule has 1 aliphatic rings. The van der Waals surface area contributed by atoms with Gasteiger partial charge in [0.15, 0.2) is 0 Å². The van der Waals surface area contributed by atoms with Crippen molar-refractivity contribution >= 4 is 22.6 Å². The summed E-state index contributed by atoms with van der Waals surface area (Å²) in [4.78, 5) is 34.5. The number of para-hydroxylation sites is 1. The molecule has 0 saturated heterocycles. The van der Waals surface area contributed by atoms with Crippen molar-refractivity contribution in [3.8, 4) is 12.3 Å². The van der Waals surface area contributed by atoms with Crippen molar-refractivity contribution in [2.24, 2.45) is 0 Å². The van der Waals surface area contributed by atoms with Gasteiger partial charge in [-0.1, -0.05) is 18.1 Å². The monoisotopic (exact) mass is 445 g/mol. The summed E-state index contributed by atoms with van der Waals surface area (Å²) in [6, 6.07) is 10.9. The predicted octanol–water partition coefficient (Wildman–Crippen LogP) is 3.50. The van der Waals surface area contributed by atoms with Crippen molar-refractivity contribution in [2.75, 3.05) is 11.4 Å². The topological polar surface area (TPSA) is 95.5 Å². The van der Waals surface area contributed by atoms with Gasteiger partial charge >= 0.3 is 5.97 Å². The maximum atomic E-state index is 13.0. The van der Waals surface area contributed by atoms with E-state index in [9.17, 15) is 14.7 Å². The van der Waals surface area contributed by atoms with E-state index in [-0.39, 0.29) is 24.0 Å². The lowest BCUT2D eigenvalue weighted by molar-refractivity contribution is 0.00702. The molecule has 1 aromatic heterocycles. The summed E-state index contributed by atoms with van der Waals surface area (Å²) in [7, 11) is 0. The molecule has 2 aromatic carbocycles. The number of aliphatic hydroxyl groups excluding tert-OH is 1. The summed E-state index contributed by atoms with van der Waals surface area (Å²) in [5.41, 5.74) is 2.85. The van der Waals surface area contributed by atoms with Gasteiger partial charge in [-0.05, 0) is 69.0 Å². The Morgan fingerprint density at radius 1 is 1.33 bits per heavy atom. The van der Waals surface area contributed by atoms with Crippen LogP contribution in [0, 0.1) is 12.3 Å². The molecule has 2 N–H and O–H groups in total. The Morgan fingerprint density at radius 2 is 2.09 bits per heavy atom. The van der Waals surface area contributed by atoms with Gasteiger partial charge in [0, 0.05) is 0 Å². The van der Waals surface area contributed by atoms with Crippen LogP contribution < -0.4 is 10.5 Å². The number of benzene rings is 2. The molecule has 3 aromatic rings. The first kappa shape index (κ1) is 22.6. The standard InChI is InChI=1S/C26H27N3O4/c1-5-12-29(21-9-7-6-8-17(21)25(32)33-26(2,3)4)22-11-10-16-13-20-19(14-18(16)22)24(31)28-23(15-30)27-20/h1,6-9,13-14,22,30H,10-12,15H2,2-4H3,(H,27,28,31). The molecule has 0 amide bonds. The first-order valence-electron chi connectivity index (χ1n) is 10.9. The third kappa shape index (κ3) is 4.48. The lowest BCUT2D eigenvalue weighted by Gasteiger charge is -2.32. The smallest absolute Gasteiger partial charge is 0.340 e. The number of carbonyl (C=O) groups excluding carboxylic acids is 1. The molecule has 0 saturated carbocycles. The second kappa shape index (κ2) is 8.72. The lowest BCUT2D eigenvalue weighted by atomic mass is 10.0. The number of H-pyrrole nitrogens is 1. The van der Waals surface area contributed by atoms with Crippen LogP contribution in [0.1, 0.15) is 60.5 Å². The van der Waals surface area contributed by atoms with Crippen LogP contribution in [-0.2, 0) is 17.8 Å². The molecule has 1 heterocycles. The van der Waals surface area contributed by atoms with Crippen LogP contribution in [0.5, 0.6) is 0 Å². The van der Waals surface area contributed by atoms with Gasteiger partial charge in [0.25, 0.3) is 5.56 Å². The molecule has 0 bridgehead atoms. The highest BCUT2D eigenvalue weighted by Crippen LogP contribution is 2.40. The second-order valence-corrected chi connectivity index (χ2v) is 9.14. The summed E-state index contributed by atoms with van der Waals surface area (Å²) in [5.74, 6) is 2.55. The van der Waals surface area contributed by atoms with Gasteiger partial charge in [0.2, 0.25) is 0 Å².